The second-order valence-corrected chi connectivity index (χ2v) is 9.16. The molecule has 6 nitrogen and oxygen atoms in total. The number of Topliss-reactive ketones (excluding diaryl/α,β-unsaturated/α-hetero) is 2. The first-order valence-corrected chi connectivity index (χ1v) is 11.8. The Morgan fingerprint density at radius 3 is 2.54 bits per heavy atom. The maximum Gasteiger partial charge on any atom is 0.419 e. The van der Waals surface area contributed by atoms with Gasteiger partial charge in [0.25, 0.3) is 11.8 Å². The molecular weight excluding hydrogens is 492 g/mol. The van der Waals surface area contributed by atoms with Gasteiger partial charge in [0.2, 0.25) is 0 Å². The average Bonchev–Trinajstić information content (AvgIpc) is 3.06. The monoisotopic (exact) mass is 516 g/mol. The van der Waals surface area contributed by atoms with Gasteiger partial charge in [-0.25, -0.2) is 4.39 Å². The predicted octanol–water partition coefficient (Wildman–Crippen LogP) is 4.92. The van der Waals surface area contributed by atoms with Crippen molar-refractivity contribution in [2.24, 2.45) is 5.92 Å². The van der Waals surface area contributed by atoms with E-state index in [0.29, 0.717) is 29.0 Å². The van der Waals surface area contributed by atoms with Gasteiger partial charge < -0.3 is 5.32 Å². The van der Waals surface area contributed by atoms with Gasteiger partial charge in [-0.2, -0.15) is 13.2 Å². The van der Waals surface area contributed by atoms with E-state index >= 15 is 0 Å². The summed E-state index contributed by atoms with van der Waals surface area (Å²) in [6, 6.07) is 6.12. The first-order chi connectivity index (χ1) is 17.4. The highest BCUT2D eigenvalue weighted by atomic mass is 19.4. The molecule has 2 aromatic rings. The molecule has 1 aliphatic heterocycles. The van der Waals surface area contributed by atoms with Crippen molar-refractivity contribution in [2.45, 2.75) is 51.9 Å². The molecule has 0 radical (unpaired) electrons. The van der Waals surface area contributed by atoms with Crippen LogP contribution in [0.3, 0.4) is 0 Å². The van der Waals surface area contributed by atoms with E-state index < -0.39 is 41.3 Å². The molecule has 1 aliphatic carbocycles. The Labute approximate surface area is 210 Å². The van der Waals surface area contributed by atoms with Crippen molar-refractivity contribution in [1.82, 2.24) is 10.2 Å². The Balaban J connectivity index is 1.60. The number of alkyl halides is 3. The first kappa shape index (κ1) is 26.2. The van der Waals surface area contributed by atoms with Gasteiger partial charge >= 0.3 is 6.18 Å². The molecule has 1 fully saturated rings. The summed E-state index contributed by atoms with van der Waals surface area (Å²) in [4.78, 5) is 52.7. The van der Waals surface area contributed by atoms with E-state index in [2.05, 4.69) is 5.32 Å². The Kier molecular flexibility index (Phi) is 7.03. The van der Waals surface area contributed by atoms with Crippen molar-refractivity contribution in [2.75, 3.05) is 0 Å². The van der Waals surface area contributed by atoms with Gasteiger partial charge in [-0.15, -0.1) is 0 Å². The minimum atomic E-state index is -4.96. The van der Waals surface area contributed by atoms with Crippen molar-refractivity contribution < 1.29 is 36.7 Å². The highest BCUT2D eigenvalue weighted by Gasteiger charge is 2.42. The van der Waals surface area contributed by atoms with Crippen molar-refractivity contribution in [3.05, 3.63) is 76.1 Å². The molecule has 0 bridgehead atoms. The highest BCUT2D eigenvalue weighted by Crippen LogP contribution is 2.39. The average molecular weight is 516 g/mol. The summed E-state index contributed by atoms with van der Waals surface area (Å²) < 4.78 is 52.7. The smallest absolute Gasteiger partial charge is 0.348 e. The standard InChI is InChI=1S/C27H24F4N2O4/c1-3-20-17-6-4-5-16(13-32-25(36)15-7-8-19(28)18(12-15)27(29,30)31)24(17)26(37)33(20)21-9-10-22(34)14(2)11-23(21)35/h3-8,12,14,21H,9-11,13H2,1-2H3,(H,32,36)/b20-3-. The summed E-state index contributed by atoms with van der Waals surface area (Å²) in [6.07, 6.45) is -2.84. The van der Waals surface area contributed by atoms with Gasteiger partial charge in [0.05, 0.1) is 17.2 Å². The lowest BCUT2D eigenvalue weighted by atomic mass is 10.0. The number of allylic oxidation sites excluding steroid dienone is 1. The Morgan fingerprint density at radius 1 is 1.14 bits per heavy atom. The molecule has 1 saturated carbocycles. The lowest BCUT2D eigenvalue weighted by molar-refractivity contribution is -0.140. The van der Waals surface area contributed by atoms with Gasteiger partial charge in [-0.1, -0.05) is 31.2 Å². The number of nitrogens with one attached hydrogen (secondary N) is 1. The Bertz CT molecular complexity index is 1330. The minimum Gasteiger partial charge on any atom is -0.348 e. The van der Waals surface area contributed by atoms with Gasteiger partial charge in [0.1, 0.15) is 11.6 Å². The molecule has 1 heterocycles. The normalized spacial score (nSPS) is 21.3. The SMILES string of the molecule is C/C=C1/c2cccc(CNC(=O)c3ccc(F)c(C(F)(F)F)c3)c2C(=O)N1C1CCC(=O)C(C)CC1=O. The number of hydrogen-bond donors (Lipinski definition) is 1. The zero-order valence-corrected chi connectivity index (χ0v) is 20.1. The highest BCUT2D eigenvalue weighted by molar-refractivity contribution is 6.12. The molecule has 2 amide bonds. The van der Waals surface area contributed by atoms with Crippen molar-refractivity contribution in [3.63, 3.8) is 0 Å². The first-order valence-electron chi connectivity index (χ1n) is 11.8. The van der Waals surface area contributed by atoms with Crippen LogP contribution < -0.4 is 5.32 Å². The fraction of sp³-hybridized carbons (Fsp3) is 0.333. The second kappa shape index (κ2) is 9.91. The van der Waals surface area contributed by atoms with Crippen molar-refractivity contribution in [1.29, 1.82) is 0 Å². The number of benzene rings is 2. The predicted molar refractivity (Wildman–Crippen MR) is 126 cm³/mol. The zero-order valence-electron chi connectivity index (χ0n) is 20.1. The summed E-state index contributed by atoms with van der Waals surface area (Å²) in [5.41, 5.74) is -0.195. The van der Waals surface area contributed by atoms with E-state index in [0.717, 1.165) is 6.07 Å². The van der Waals surface area contributed by atoms with Crippen LogP contribution >= 0.6 is 0 Å². The fourth-order valence-corrected chi connectivity index (χ4v) is 4.85. The summed E-state index contributed by atoms with van der Waals surface area (Å²) in [5, 5.41) is 2.49. The number of halogens is 4. The largest absolute Gasteiger partial charge is 0.419 e. The molecular formula is C27H24F4N2O4. The van der Waals surface area contributed by atoms with Gasteiger partial charge in [-0.05, 0) is 37.1 Å². The van der Waals surface area contributed by atoms with Crippen LogP contribution in [0.15, 0.2) is 42.5 Å². The molecule has 2 unspecified atom stereocenters. The van der Waals surface area contributed by atoms with Crippen LogP contribution in [0, 0.1) is 11.7 Å². The number of carbonyl (C=O) groups excluding carboxylic acids is 4. The lowest BCUT2D eigenvalue weighted by Gasteiger charge is -2.27. The van der Waals surface area contributed by atoms with Gasteiger partial charge in [-0.3, -0.25) is 24.1 Å². The van der Waals surface area contributed by atoms with Crippen LogP contribution in [-0.4, -0.2) is 34.3 Å². The van der Waals surface area contributed by atoms with E-state index in [-0.39, 0.29) is 48.5 Å². The minimum absolute atomic E-state index is 0.0279. The van der Waals surface area contributed by atoms with E-state index in [1.54, 1.807) is 38.1 Å². The van der Waals surface area contributed by atoms with E-state index in [4.69, 9.17) is 0 Å². The topological polar surface area (TPSA) is 83.6 Å². The van der Waals surface area contributed by atoms with E-state index in [9.17, 15) is 36.7 Å². The molecule has 37 heavy (non-hydrogen) atoms. The van der Waals surface area contributed by atoms with Crippen LogP contribution in [0.1, 0.15) is 70.5 Å². The second-order valence-electron chi connectivity index (χ2n) is 9.16. The molecule has 1 N–H and O–H groups in total. The van der Waals surface area contributed by atoms with Crippen LogP contribution in [0.5, 0.6) is 0 Å². The molecule has 194 valence electrons. The number of carbonyl (C=O) groups is 4. The summed E-state index contributed by atoms with van der Waals surface area (Å²) >= 11 is 0. The van der Waals surface area contributed by atoms with Crippen molar-refractivity contribution >= 4 is 29.1 Å². The maximum absolute atomic E-state index is 13.6. The fourth-order valence-electron chi connectivity index (χ4n) is 4.85. The van der Waals surface area contributed by atoms with Gasteiger partial charge in [0.15, 0.2) is 5.78 Å². The van der Waals surface area contributed by atoms with E-state index in [1.807, 2.05) is 0 Å². The van der Waals surface area contributed by atoms with E-state index in [1.165, 1.54) is 4.90 Å². The van der Waals surface area contributed by atoms with Crippen LogP contribution in [-0.2, 0) is 22.3 Å². The molecule has 0 saturated heterocycles. The molecule has 10 heteroatoms. The van der Waals surface area contributed by atoms with Crippen LogP contribution in [0.25, 0.3) is 5.70 Å². The van der Waals surface area contributed by atoms with Crippen LogP contribution in [0.2, 0.25) is 0 Å². The summed E-state index contributed by atoms with van der Waals surface area (Å²) in [6.45, 7) is 3.23. The van der Waals surface area contributed by atoms with Gasteiger partial charge in [0, 0.05) is 42.1 Å². The van der Waals surface area contributed by atoms with Crippen LogP contribution in [0.4, 0.5) is 17.6 Å². The quantitative estimate of drug-likeness (QED) is 0.462. The zero-order chi connectivity index (χ0) is 27.1. The third-order valence-corrected chi connectivity index (χ3v) is 6.77. The number of nitrogens with zero attached hydrogens (tertiary/aromatic N) is 1. The Morgan fingerprint density at radius 2 is 1.86 bits per heavy atom. The number of fused-ring (bicyclic) bond motifs is 1. The third kappa shape index (κ3) is 4.92. The maximum atomic E-state index is 13.6. The molecule has 0 spiro atoms. The van der Waals surface area contributed by atoms with Crippen molar-refractivity contribution in [3.8, 4) is 0 Å². The molecule has 0 aromatic heterocycles. The number of hydrogen-bond acceptors (Lipinski definition) is 4. The molecule has 2 aliphatic rings. The molecule has 2 aromatic carbocycles. The molecule has 2 atom stereocenters. The summed E-state index contributed by atoms with van der Waals surface area (Å²) in [7, 11) is 0. The molecule has 4 rings (SSSR count). The lowest BCUT2D eigenvalue weighted by Crippen LogP contribution is -2.40. The number of ketones is 2. The number of rotatable bonds is 4. The summed E-state index contributed by atoms with van der Waals surface area (Å²) in [5.74, 6) is -3.46. The number of amides is 2. The Hall–Kier alpha value is -3.82. The third-order valence-electron chi connectivity index (χ3n) is 6.77.